The van der Waals surface area contributed by atoms with Gasteiger partial charge in [-0.1, -0.05) is 0 Å². The predicted octanol–water partition coefficient (Wildman–Crippen LogP) is 2.35. The number of ether oxygens (including phenoxy) is 1. The first kappa shape index (κ1) is 20.6. The molecule has 1 fully saturated rings. The molecule has 24 heavy (non-hydrogen) atoms. The average Bonchev–Trinajstić information content (AvgIpc) is 2.50. The number of likely N-dealkylation sites (tertiary alicyclic amines) is 1. The smallest absolute Gasteiger partial charge is 0.408 e. The van der Waals surface area contributed by atoms with Gasteiger partial charge in [-0.15, -0.1) is 0 Å². The molecule has 1 rings (SSSR count). The molecule has 7 nitrogen and oxygen atoms in total. The van der Waals surface area contributed by atoms with Gasteiger partial charge in [0.1, 0.15) is 11.6 Å². The molecule has 1 aliphatic heterocycles. The van der Waals surface area contributed by atoms with E-state index in [1.54, 1.807) is 37.4 Å². The number of hydrogen-bond acceptors (Lipinski definition) is 5. The molecule has 2 N–H and O–H groups in total. The lowest BCUT2D eigenvalue weighted by Gasteiger charge is -2.27. The van der Waals surface area contributed by atoms with Crippen molar-refractivity contribution in [2.24, 2.45) is 0 Å². The van der Waals surface area contributed by atoms with E-state index in [-0.39, 0.29) is 6.03 Å². The fourth-order valence-corrected chi connectivity index (χ4v) is 2.79. The van der Waals surface area contributed by atoms with Gasteiger partial charge in [0.15, 0.2) is 0 Å². The summed E-state index contributed by atoms with van der Waals surface area (Å²) in [6.45, 7) is 6.58. The second-order valence-electron chi connectivity index (χ2n) is 6.82. The fourth-order valence-electron chi connectivity index (χ4n) is 2.32. The largest absolute Gasteiger partial charge is 0.444 e. The maximum Gasteiger partial charge on any atom is 0.408 e. The van der Waals surface area contributed by atoms with Gasteiger partial charge in [0, 0.05) is 13.1 Å². The molecule has 0 saturated carbocycles. The molecule has 0 radical (unpaired) electrons. The van der Waals surface area contributed by atoms with Gasteiger partial charge in [-0.25, -0.2) is 9.59 Å². The van der Waals surface area contributed by atoms with Crippen molar-refractivity contribution < 1.29 is 19.1 Å². The van der Waals surface area contributed by atoms with Gasteiger partial charge in [-0.05, 0) is 58.5 Å². The maximum atomic E-state index is 12.4. The van der Waals surface area contributed by atoms with Gasteiger partial charge in [-0.3, -0.25) is 10.1 Å². The van der Waals surface area contributed by atoms with Crippen molar-refractivity contribution in [1.29, 1.82) is 0 Å². The van der Waals surface area contributed by atoms with Crippen molar-refractivity contribution in [2.45, 2.75) is 58.1 Å². The van der Waals surface area contributed by atoms with Crippen LogP contribution >= 0.6 is 11.8 Å². The Bertz CT molecular complexity index is 445. The fraction of sp³-hybridized carbons (Fsp3) is 0.812. The summed E-state index contributed by atoms with van der Waals surface area (Å²) >= 11 is 1.57. The van der Waals surface area contributed by atoms with Gasteiger partial charge in [0.25, 0.3) is 5.91 Å². The van der Waals surface area contributed by atoms with Crippen LogP contribution in [-0.2, 0) is 9.53 Å². The molecule has 0 aromatic rings. The minimum atomic E-state index is -0.791. The van der Waals surface area contributed by atoms with Gasteiger partial charge in [-0.2, -0.15) is 11.8 Å². The summed E-state index contributed by atoms with van der Waals surface area (Å²) in [7, 11) is 0. The Labute approximate surface area is 148 Å². The molecule has 0 bridgehead atoms. The first-order chi connectivity index (χ1) is 11.2. The Kier molecular flexibility index (Phi) is 8.38. The zero-order valence-corrected chi connectivity index (χ0v) is 15.8. The van der Waals surface area contributed by atoms with Crippen LogP contribution in [0, 0.1) is 0 Å². The van der Waals surface area contributed by atoms with Crippen LogP contribution in [0.25, 0.3) is 0 Å². The lowest BCUT2D eigenvalue weighted by Crippen LogP contribution is -2.53. The van der Waals surface area contributed by atoms with Crippen molar-refractivity contribution in [3.05, 3.63) is 0 Å². The highest BCUT2D eigenvalue weighted by molar-refractivity contribution is 7.98. The van der Waals surface area contributed by atoms with Crippen LogP contribution in [0.1, 0.15) is 46.5 Å². The Morgan fingerprint density at radius 2 is 1.79 bits per heavy atom. The van der Waals surface area contributed by atoms with Gasteiger partial charge >= 0.3 is 12.1 Å². The molecule has 0 aromatic heterocycles. The summed E-state index contributed by atoms with van der Waals surface area (Å²) in [6.07, 6.45) is 4.70. The number of rotatable bonds is 5. The van der Waals surface area contributed by atoms with E-state index in [1.165, 1.54) is 0 Å². The van der Waals surface area contributed by atoms with Crippen LogP contribution in [0.5, 0.6) is 0 Å². The number of alkyl carbamates (subject to hydrolysis) is 1. The molecule has 8 heteroatoms. The third kappa shape index (κ3) is 7.90. The van der Waals surface area contributed by atoms with Gasteiger partial charge < -0.3 is 15.0 Å². The van der Waals surface area contributed by atoms with Crippen LogP contribution in [0.2, 0.25) is 0 Å². The van der Waals surface area contributed by atoms with Crippen molar-refractivity contribution in [3.8, 4) is 0 Å². The van der Waals surface area contributed by atoms with Crippen LogP contribution in [0.4, 0.5) is 9.59 Å². The Balaban J connectivity index is 2.59. The molecular weight excluding hydrogens is 330 g/mol. The van der Waals surface area contributed by atoms with Crippen molar-refractivity contribution in [2.75, 3.05) is 25.1 Å². The Hall–Kier alpha value is -1.44. The summed E-state index contributed by atoms with van der Waals surface area (Å²) in [5, 5.41) is 4.95. The van der Waals surface area contributed by atoms with E-state index in [0.29, 0.717) is 25.3 Å². The Morgan fingerprint density at radius 3 is 2.33 bits per heavy atom. The molecule has 138 valence electrons. The molecule has 1 aliphatic rings. The quantitative estimate of drug-likeness (QED) is 0.787. The highest BCUT2D eigenvalue weighted by Crippen LogP contribution is 2.10. The topological polar surface area (TPSA) is 87.7 Å². The first-order valence-corrected chi connectivity index (χ1v) is 9.70. The molecule has 0 aromatic carbocycles. The second-order valence-corrected chi connectivity index (χ2v) is 7.81. The Morgan fingerprint density at radius 1 is 1.17 bits per heavy atom. The zero-order valence-electron chi connectivity index (χ0n) is 15.0. The van der Waals surface area contributed by atoms with E-state index in [4.69, 9.17) is 4.74 Å². The number of piperidine rings is 1. The van der Waals surface area contributed by atoms with Crippen LogP contribution in [0.3, 0.4) is 0 Å². The molecule has 1 atom stereocenters. The molecule has 0 unspecified atom stereocenters. The van der Waals surface area contributed by atoms with E-state index in [1.807, 2.05) is 6.26 Å². The van der Waals surface area contributed by atoms with Crippen LogP contribution in [0.15, 0.2) is 0 Å². The highest BCUT2D eigenvalue weighted by Gasteiger charge is 2.27. The van der Waals surface area contributed by atoms with Gasteiger partial charge in [0.2, 0.25) is 0 Å². The van der Waals surface area contributed by atoms with Crippen molar-refractivity contribution in [3.63, 3.8) is 0 Å². The van der Waals surface area contributed by atoms with Crippen molar-refractivity contribution in [1.82, 2.24) is 15.5 Å². The third-order valence-electron chi connectivity index (χ3n) is 3.49. The van der Waals surface area contributed by atoms with Crippen LogP contribution in [-0.4, -0.2) is 59.7 Å². The maximum absolute atomic E-state index is 12.4. The summed E-state index contributed by atoms with van der Waals surface area (Å²) in [4.78, 5) is 38.1. The van der Waals surface area contributed by atoms with E-state index in [9.17, 15) is 14.4 Å². The first-order valence-electron chi connectivity index (χ1n) is 8.31. The number of hydrogen-bond donors (Lipinski definition) is 2. The third-order valence-corrected chi connectivity index (χ3v) is 4.14. The summed E-state index contributed by atoms with van der Waals surface area (Å²) in [5.74, 6) is 0.191. The highest BCUT2D eigenvalue weighted by atomic mass is 32.2. The molecule has 0 spiro atoms. The molecule has 4 amide bonds. The summed E-state index contributed by atoms with van der Waals surface area (Å²) in [5.41, 5.74) is -0.645. The number of imide groups is 1. The lowest BCUT2D eigenvalue weighted by molar-refractivity contribution is -0.122. The zero-order chi connectivity index (χ0) is 18.2. The van der Waals surface area contributed by atoms with E-state index in [0.717, 1.165) is 19.3 Å². The predicted molar refractivity (Wildman–Crippen MR) is 95.1 cm³/mol. The number of nitrogens with one attached hydrogen (secondary N) is 2. The lowest BCUT2D eigenvalue weighted by atomic mass is 10.1. The number of carbonyl (C=O) groups is 3. The van der Waals surface area contributed by atoms with Crippen LogP contribution < -0.4 is 10.6 Å². The number of thioether (sulfide) groups is 1. The normalized spacial score (nSPS) is 16.2. The van der Waals surface area contributed by atoms with E-state index < -0.39 is 23.6 Å². The van der Waals surface area contributed by atoms with Crippen molar-refractivity contribution >= 4 is 29.8 Å². The SMILES string of the molecule is CSCC[C@H](NC(=O)OC(C)(C)C)C(=O)NC(=O)N1CCCCC1. The summed E-state index contributed by atoms with van der Waals surface area (Å²) in [6, 6.07) is -1.18. The van der Waals surface area contributed by atoms with Gasteiger partial charge in [0.05, 0.1) is 0 Å². The number of carbonyl (C=O) groups excluding carboxylic acids is 3. The second kappa shape index (κ2) is 9.76. The van der Waals surface area contributed by atoms with E-state index in [2.05, 4.69) is 10.6 Å². The number of nitrogens with zero attached hydrogens (tertiary/aromatic N) is 1. The molecule has 0 aliphatic carbocycles. The average molecular weight is 359 g/mol. The molecule has 1 saturated heterocycles. The van der Waals surface area contributed by atoms with E-state index >= 15 is 0 Å². The molecular formula is C16H29N3O4S. The minimum Gasteiger partial charge on any atom is -0.444 e. The monoisotopic (exact) mass is 359 g/mol. The number of urea groups is 1. The minimum absolute atomic E-state index is 0.389. The summed E-state index contributed by atoms with van der Waals surface area (Å²) < 4.78 is 5.19. The molecule has 1 heterocycles. The number of amides is 4. The standard InChI is InChI=1S/C16H29N3O4S/c1-16(2,3)23-15(22)17-12(8-11-24-4)13(20)18-14(21)19-9-6-5-7-10-19/h12H,5-11H2,1-4H3,(H,17,22)(H,18,20,21)/t12-/m0/s1.